The van der Waals surface area contributed by atoms with Crippen molar-refractivity contribution in [3.8, 4) is 0 Å². The molecule has 1 aliphatic rings. The summed E-state index contributed by atoms with van der Waals surface area (Å²) in [7, 11) is 0. The second-order valence-electron chi connectivity index (χ2n) is 4.70. The zero-order valence-corrected chi connectivity index (χ0v) is 12.4. The molecule has 0 bridgehead atoms. The predicted octanol–water partition coefficient (Wildman–Crippen LogP) is 3.01. The van der Waals surface area contributed by atoms with E-state index >= 15 is 0 Å². The molecule has 1 amide bonds. The summed E-state index contributed by atoms with van der Waals surface area (Å²) in [4.78, 5) is 14.4. The Bertz CT molecular complexity index is 447. The fraction of sp³-hybridized carbons (Fsp3) is 0.500. The van der Waals surface area contributed by atoms with Gasteiger partial charge in [-0.15, -0.1) is 0 Å². The van der Waals surface area contributed by atoms with E-state index in [1.807, 2.05) is 36.9 Å². The first-order valence-electron chi connectivity index (χ1n) is 6.25. The Morgan fingerprint density at radius 2 is 2.28 bits per heavy atom. The van der Waals surface area contributed by atoms with Crippen LogP contribution < -0.4 is 0 Å². The Morgan fingerprint density at radius 3 is 3.06 bits per heavy atom. The SMILES string of the molecule is Cc1c(Br)cccc1C(=O)N1CCCOC(C)C1. The van der Waals surface area contributed by atoms with Crippen molar-refractivity contribution in [1.29, 1.82) is 0 Å². The first kappa shape index (κ1) is 13.6. The lowest BCUT2D eigenvalue weighted by Gasteiger charge is -2.23. The first-order valence-corrected chi connectivity index (χ1v) is 7.05. The Morgan fingerprint density at radius 1 is 1.50 bits per heavy atom. The summed E-state index contributed by atoms with van der Waals surface area (Å²) in [5.74, 6) is 0.103. The molecule has 1 unspecified atom stereocenters. The van der Waals surface area contributed by atoms with Gasteiger partial charge >= 0.3 is 0 Å². The molecule has 98 valence electrons. The van der Waals surface area contributed by atoms with Crippen LogP contribution in [0.5, 0.6) is 0 Å². The number of ether oxygens (including phenoxy) is 1. The van der Waals surface area contributed by atoms with Crippen LogP contribution in [0.4, 0.5) is 0 Å². The van der Waals surface area contributed by atoms with Crippen LogP contribution in [0.1, 0.15) is 29.3 Å². The zero-order chi connectivity index (χ0) is 13.1. The molecule has 0 saturated carbocycles. The largest absolute Gasteiger partial charge is 0.377 e. The van der Waals surface area contributed by atoms with E-state index in [1.54, 1.807) is 0 Å². The average Bonchev–Trinajstić information content (AvgIpc) is 2.56. The van der Waals surface area contributed by atoms with Crippen LogP contribution in [0.3, 0.4) is 0 Å². The van der Waals surface area contributed by atoms with Gasteiger partial charge in [0, 0.05) is 29.7 Å². The lowest BCUT2D eigenvalue weighted by Crippen LogP contribution is -2.36. The Labute approximate surface area is 116 Å². The van der Waals surface area contributed by atoms with Crippen molar-refractivity contribution in [2.24, 2.45) is 0 Å². The Balaban J connectivity index is 2.22. The maximum absolute atomic E-state index is 12.5. The molecule has 0 radical (unpaired) electrons. The summed E-state index contributed by atoms with van der Waals surface area (Å²) in [5.41, 5.74) is 1.78. The van der Waals surface area contributed by atoms with Gasteiger partial charge in [-0.2, -0.15) is 0 Å². The van der Waals surface area contributed by atoms with Gasteiger partial charge < -0.3 is 9.64 Å². The number of rotatable bonds is 1. The van der Waals surface area contributed by atoms with Gasteiger partial charge in [0.25, 0.3) is 5.91 Å². The number of hydrogen-bond acceptors (Lipinski definition) is 2. The molecule has 1 aliphatic heterocycles. The average molecular weight is 312 g/mol. The third kappa shape index (κ3) is 2.93. The van der Waals surface area contributed by atoms with Crippen molar-refractivity contribution < 1.29 is 9.53 Å². The number of benzene rings is 1. The summed E-state index contributed by atoms with van der Waals surface area (Å²) < 4.78 is 6.55. The second kappa shape index (κ2) is 5.85. The highest BCUT2D eigenvalue weighted by Crippen LogP contribution is 2.21. The minimum Gasteiger partial charge on any atom is -0.377 e. The van der Waals surface area contributed by atoms with Crippen LogP contribution >= 0.6 is 15.9 Å². The molecule has 1 saturated heterocycles. The van der Waals surface area contributed by atoms with Gasteiger partial charge in [-0.3, -0.25) is 4.79 Å². The van der Waals surface area contributed by atoms with Crippen molar-refractivity contribution >= 4 is 21.8 Å². The van der Waals surface area contributed by atoms with Gasteiger partial charge in [-0.05, 0) is 38.0 Å². The highest BCUT2D eigenvalue weighted by molar-refractivity contribution is 9.10. The van der Waals surface area contributed by atoms with E-state index in [9.17, 15) is 4.79 Å². The fourth-order valence-electron chi connectivity index (χ4n) is 2.19. The number of amides is 1. The van der Waals surface area contributed by atoms with Crippen molar-refractivity contribution in [2.75, 3.05) is 19.7 Å². The molecule has 1 aromatic carbocycles. The molecular weight excluding hydrogens is 294 g/mol. The molecular formula is C14H18BrNO2. The molecule has 4 heteroatoms. The molecule has 1 atom stereocenters. The second-order valence-corrected chi connectivity index (χ2v) is 5.55. The zero-order valence-electron chi connectivity index (χ0n) is 10.8. The number of carbonyl (C=O) groups is 1. The lowest BCUT2D eigenvalue weighted by molar-refractivity contribution is 0.0562. The van der Waals surface area contributed by atoms with Gasteiger partial charge in [0.15, 0.2) is 0 Å². The van der Waals surface area contributed by atoms with Gasteiger partial charge in [0.2, 0.25) is 0 Å². The van der Waals surface area contributed by atoms with Crippen LogP contribution in [0.25, 0.3) is 0 Å². The van der Waals surface area contributed by atoms with Gasteiger partial charge in [-0.25, -0.2) is 0 Å². The Hall–Kier alpha value is -0.870. The molecule has 18 heavy (non-hydrogen) atoms. The first-order chi connectivity index (χ1) is 8.59. The molecule has 0 aromatic heterocycles. The maximum Gasteiger partial charge on any atom is 0.254 e. The van der Waals surface area contributed by atoms with Crippen LogP contribution in [-0.2, 0) is 4.74 Å². The van der Waals surface area contributed by atoms with Gasteiger partial charge in [-0.1, -0.05) is 22.0 Å². The summed E-state index contributed by atoms with van der Waals surface area (Å²) >= 11 is 3.47. The summed E-state index contributed by atoms with van der Waals surface area (Å²) in [6.07, 6.45) is 1.02. The summed E-state index contributed by atoms with van der Waals surface area (Å²) in [5, 5.41) is 0. The quantitative estimate of drug-likeness (QED) is 0.798. The lowest BCUT2D eigenvalue weighted by atomic mass is 10.1. The molecule has 2 rings (SSSR count). The normalized spacial score (nSPS) is 20.6. The highest BCUT2D eigenvalue weighted by atomic mass is 79.9. The fourth-order valence-corrected chi connectivity index (χ4v) is 2.55. The molecule has 1 heterocycles. The predicted molar refractivity (Wildman–Crippen MR) is 74.8 cm³/mol. The van der Waals surface area contributed by atoms with Crippen LogP contribution in [0, 0.1) is 6.92 Å². The maximum atomic E-state index is 12.5. The summed E-state index contributed by atoms with van der Waals surface area (Å²) in [6.45, 7) is 6.16. The van der Waals surface area contributed by atoms with E-state index in [-0.39, 0.29) is 12.0 Å². The number of halogens is 1. The minimum absolute atomic E-state index is 0.103. The van der Waals surface area contributed by atoms with Gasteiger partial charge in [0.05, 0.1) is 6.10 Å². The number of carbonyl (C=O) groups excluding carboxylic acids is 1. The van der Waals surface area contributed by atoms with Crippen molar-refractivity contribution in [1.82, 2.24) is 4.90 Å². The molecule has 0 aliphatic carbocycles. The van der Waals surface area contributed by atoms with E-state index in [0.29, 0.717) is 6.54 Å². The molecule has 3 nitrogen and oxygen atoms in total. The van der Waals surface area contributed by atoms with E-state index < -0.39 is 0 Å². The smallest absolute Gasteiger partial charge is 0.254 e. The third-order valence-electron chi connectivity index (χ3n) is 3.24. The molecule has 1 fully saturated rings. The minimum atomic E-state index is 0.103. The molecule has 0 spiro atoms. The van der Waals surface area contributed by atoms with Gasteiger partial charge in [0.1, 0.15) is 0 Å². The van der Waals surface area contributed by atoms with Crippen LogP contribution in [-0.4, -0.2) is 36.6 Å². The number of hydrogen-bond donors (Lipinski definition) is 0. The van der Waals surface area contributed by atoms with Crippen LogP contribution in [0.15, 0.2) is 22.7 Å². The number of nitrogens with zero attached hydrogens (tertiary/aromatic N) is 1. The van der Waals surface area contributed by atoms with E-state index in [0.717, 1.165) is 35.2 Å². The third-order valence-corrected chi connectivity index (χ3v) is 4.10. The van der Waals surface area contributed by atoms with Crippen molar-refractivity contribution in [3.05, 3.63) is 33.8 Å². The standard InChI is InChI=1S/C14H18BrNO2/c1-10-9-16(7-4-8-18-10)14(17)12-5-3-6-13(15)11(12)2/h3,5-6,10H,4,7-9H2,1-2H3. The topological polar surface area (TPSA) is 29.5 Å². The molecule has 1 aromatic rings. The van der Waals surface area contributed by atoms with E-state index in [1.165, 1.54) is 0 Å². The van der Waals surface area contributed by atoms with Crippen molar-refractivity contribution in [2.45, 2.75) is 26.4 Å². The van der Waals surface area contributed by atoms with Crippen molar-refractivity contribution in [3.63, 3.8) is 0 Å². The van der Waals surface area contributed by atoms with E-state index in [4.69, 9.17) is 4.74 Å². The highest BCUT2D eigenvalue weighted by Gasteiger charge is 2.22. The molecule has 0 N–H and O–H groups in total. The van der Waals surface area contributed by atoms with E-state index in [2.05, 4.69) is 15.9 Å². The Kier molecular flexibility index (Phi) is 4.40. The van der Waals surface area contributed by atoms with Crippen LogP contribution in [0.2, 0.25) is 0 Å². The summed E-state index contributed by atoms with van der Waals surface area (Å²) in [6, 6.07) is 5.75. The monoisotopic (exact) mass is 311 g/mol.